The van der Waals surface area contributed by atoms with E-state index in [9.17, 15) is 4.79 Å². The molecule has 1 heterocycles. The Hall–Kier alpha value is -1.51. The summed E-state index contributed by atoms with van der Waals surface area (Å²) in [4.78, 5) is 14.5. The Labute approximate surface area is 187 Å². The molecule has 1 N–H and O–H groups in total. The summed E-state index contributed by atoms with van der Waals surface area (Å²) in [6, 6.07) is 0. The molecule has 0 aromatic carbocycles. The Morgan fingerprint density at radius 1 is 1.07 bits per heavy atom. The van der Waals surface area contributed by atoms with Crippen molar-refractivity contribution in [3.63, 3.8) is 0 Å². The highest BCUT2D eigenvalue weighted by Gasteiger charge is 2.36. The molecule has 3 nitrogen and oxygen atoms in total. The van der Waals surface area contributed by atoms with Crippen molar-refractivity contribution in [2.24, 2.45) is 23.2 Å². The maximum absolute atomic E-state index is 12.6. The number of carbonyl (C=O) groups excluding carboxylic acids is 1. The van der Waals surface area contributed by atoms with E-state index >= 15 is 0 Å². The summed E-state index contributed by atoms with van der Waals surface area (Å²) in [5.74, 6) is 1.24. The van der Waals surface area contributed by atoms with E-state index in [4.69, 9.17) is 0 Å². The van der Waals surface area contributed by atoms with Crippen LogP contribution in [-0.2, 0) is 4.79 Å². The normalized spacial score (nSPS) is 17.9. The van der Waals surface area contributed by atoms with Gasteiger partial charge >= 0.3 is 0 Å². The second-order valence-electron chi connectivity index (χ2n) is 11.5. The van der Waals surface area contributed by atoms with Crippen LogP contribution in [0.5, 0.6) is 0 Å². The second-order valence-corrected chi connectivity index (χ2v) is 11.5. The Morgan fingerprint density at radius 3 is 2.17 bits per heavy atom. The minimum absolute atomic E-state index is 0.0180. The molecule has 0 aliphatic carbocycles. The summed E-state index contributed by atoms with van der Waals surface area (Å²) >= 11 is 0. The minimum atomic E-state index is -0.0180. The highest BCUT2D eigenvalue weighted by molar-refractivity contribution is 5.84. The largest absolute Gasteiger partial charge is 0.384 e. The van der Waals surface area contributed by atoms with E-state index in [1.807, 2.05) is 4.90 Å². The third kappa shape index (κ3) is 8.32. The number of rotatable bonds is 13. The molecule has 1 unspecified atom stereocenters. The Balaban J connectivity index is 2.47. The molecule has 1 saturated heterocycles. The van der Waals surface area contributed by atoms with Crippen LogP contribution in [0.2, 0.25) is 0 Å². The fourth-order valence-corrected chi connectivity index (χ4v) is 4.01. The van der Waals surface area contributed by atoms with Crippen molar-refractivity contribution in [3.05, 3.63) is 36.7 Å². The lowest BCUT2D eigenvalue weighted by molar-refractivity contribution is -0.131. The lowest BCUT2D eigenvalue weighted by atomic mass is 9.78. The standard InChI is InChI=1S/C27H48N2O/c1-19(2)21(5)12-14-26(8,9)15-16-27(10,11)28-22(6)13-17-29-23(7)18-24(20(3)4)25(29)30/h19-20,24,28H,5-7,12-18H2,1-4,8-11H3. The van der Waals surface area contributed by atoms with E-state index in [0.717, 1.165) is 43.5 Å². The molecule has 1 fully saturated rings. The van der Waals surface area contributed by atoms with Gasteiger partial charge in [0.2, 0.25) is 5.91 Å². The SMILES string of the molecule is C=C(CCN1C(=C)CC(C(C)C)C1=O)NC(C)(C)CCC(C)(C)CCC(=C)C(C)C. The molecule has 0 aromatic rings. The number of hydrogen-bond donors (Lipinski definition) is 1. The van der Waals surface area contributed by atoms with Gasteiger partial charge in [-0.15, -0.1) is 0 Å². The maximum atomic E-state index is 12.6. The highest BCUT2D eigenvalue weighted by atomic mass is 16.2. The number of likely N-dealkylation sites (tertiary alicyclic amines) is 1. The molecule has 172 valence electrons. The van der Waals surface area contributed by atoms with Crippen LogP contribution < -0.4 is 5.32 Å². The van der Waals surface area contributed by atoms with Crippen molar-refractivity contribution in [1.82, 2.24) is 10.2 Å². The van der Waals surface area contributed by atoms with Gasteiger partial charge in [0.25, 0.3) is 0 Å². The van der Waals surface area contributed by atoms with E-state index in [2.05, 4.69) is 80.4 Å². The van der Waals surface area contributed by atoms with E-state index in [-0.39, 0.29) is 17.4 Å². The van der Waals surface area contributed by atoms with Crippen molar-refractivity contribution in [1.29, 1.82) is 0 Å². The van der Waals surface area contributed by atoms with E-state index in [0.29, 0.717) is 23.8 Å². The Morgan fingerprint density at radius 2 is 1.67 bits per heavy atom. The van der Waals surface area contributed by atoms with Crippen molar-refractivity contribution in [2.75, 3.05) is 6.54 Å². The zero-order chi connectivity index (χ0) is 23.3. The van der Waals surface area contributed by atoms with Crippen molar-refractivity contribution in [2.45, 2.75) is 99.5 Å². The zero-order valence-electron chi connectivity index (χ0n) is 21.2. The first-order chi connectivity index (χ1) is 13.6. The Kier molecular flexibility index (Phi) is 9.45. The van der Waals surface area contributed by atoms with Crippen LogP contribution in [-0.4, -0.2) is 22.9 Å². The lowest BCUT2D eigenvalue weighted by Gasteiger charge is -2.34. The van der Waals surface area contributed by atoms with Gasteiger partial charge in [0.1, 0.15) is 0 Å². The highest BCUT2D eigenvalue weighted by Crippen LogP contribution is 2.34. The van der Waals surface area contributed by atoms with Crippen molar-refractivity contribution < 1.29 is 4.79 Å². The van der Waals surface area contributed by atoms with Gasteiger partial charge in [0.05, 0.1) is 0 Å². The van der Waals surface area contributed by atoms with Gasteiger partial charge in [-0.25, -0.2) is 0 Å². The van der Waals surface area contributed by atoms with Gasteiger partial charge in [0.15, 0.2) is 0 Å². The molecule has 30 heavy (non-hydrogen) atoms. The molecule has 1 atom stereocenters. The van der Waals surface area contributed by atoms with Crippen LogP contribution in [0.4, 0.5) is 0 Å². The average molecular weight is 417 g/mol. The molecule has 0 saturated carbocycles. The van der Waals surface area contributed by atoms with Gasteiger partial charge in [-0.1, -0.05) is 66.9 Å². The molecule has 0 radical (unpaired) electrons. The smallest absolute Gasteiger partial charge is 0.230 e. The molecule has 1 aliphatic rings. The van der Waals surface area contributed by atoms with E-state index in [1.165, 1.54) is 12.0 Å². The predicted octanol–water partition coefficient (Wildman–Crippen LogP) is 7.08. The maximum Gasteiger partial charge on any atom is 0.230 e. The first kappa shape index (κ1) is 26.5. The first-order valence-corrected chi connectivity index (χ1v) is 11.8. The van der Waals surface area contributed by atoms with Crippen molar-refractivity contribution in [3.8, 4) is 0 Å². The quantitative estimate of drug-likeness (QED) is 0.325. The average Bonchev–Trinajstić information content (AvgIpc) is 2.90. The van der Waals surface area contributed by atoms with Crippen LogP contribution in [0, 0.1) is 23.2 Å². The summed E-state index contributed by atoms with van der Waals surface area (Å²) in [7, 11) is 0. The number of amides is 1. The molecule has 1 rings (SSSR count). The van der Waals surface area contributed by atoms with Crippen LogP contribution >= 0.6 is 0 Å². The molecule has 0 bridgehead atoms. The number of nitrogens with zero attached hydrogens (tertiary/aromatic N) is 1. The summed E-state index contributed by atoms with van der Waals surface area (Å²) in [5, 5.41) is 3.62. The second kappa shape index (κ2) is 10.7. The number of hydrogen-bond acceptors (Lipinski definition) is 2. The van der Waals surface area contributed by atoms with Crippen LogP contribution in [0.1, 0.15) is 93.9 Å². The third-order valence-corrected chi connectivity index (χ3v) is 6.74. The zero-order valence-corrected chi connectivity index (χ0v) is 21.2. The first-order valence-electron chi connectivity index (χ1n) is 11.8. The number of allylic oxidation sites excluding steroid dienone is 2. The summed E-state index contributed by atoms with van der Waals surface area (Å²) in [6.45, 7) is 31.1. The molecule has 0 spiro atoms. The van der Waals surface area contributed by atoms with Gasteiger partial charge in [0, 0.05) is 35.8 Å². The molecule has 3 heteroatoms. The molecule has 1 amide bonds. The fraction of sp³-hybridized carbons (Fsp3) is 0.741. The molecular weight excluding hydrogens is 368 g/mol. The van der Waals surface area contributed by atoms with E-state index < -0.39 is 0 Å². The third-order valence-electron chi connectivity index (χ3n) is 6.74. The summed E-state index contributed by atoms with van der Waals surface area (Å²) in [5.41, 5.74) is 3.58. The van der Waals surface area contributed by atoms with Crippen LogP contribution in [0.3, 0.4) is 0 Å². The predicted molar refractivity (Wildman–Crippen MR) is 131 cm³/mol. The minimum Gasteiger partial charge on any atom is -0.384 e. The topological polar surface area (TPSA) is 32.3 Å². The molecule has 0 aromatic heterocycles. The number of nitrogens with one attached hydrogen (secondary N) is 1. The monoisotopic (exact) mass is 416 g/mol. The van der Waals surface area contributed by atoms with Crippen molar-refractivity contribution >= 4 is 5.91 Å². The van der Waals surface area contributed by atoms with Crippen LogP contribution in [0.15, 0.2) is 36.7 Å². The van der Waals surface area contributed by atoms with Gasteiger partial charge in [-0.2, -0.15) is 0 Å². The van der Waals surface area contributed by atoms with Gasteiger partial charge < -0.3 is 10.2 Å². The summed E-state index contributed by atoms with van der Waals surface area (Å²) in [6.07, 6.45) is 6.07. The molecular formula is C27H48N2O. The van der Waals surface area contributed by atoms with Gasteiger partial charge in [-0.05, 0) is 63.2 Å². The fourth-order valence-electron chi connectivity index (χ4n) is 4.01. The Bertz CT molecular complexity index is 639. The lowest BCUT2D eigenvalue weighted by Crippen LogP contribution is -2.40. The molecule has 1 aliphatic heterocycles. The van der Waals surface area contributed by atoms with Crippen LogP contribution in [0.25, 0.3) is 0 Å². The van der Waals surface area contributed by atoms with Gasteiger partial charge in [-0.3, -0.25) is 4.79 Å². The van der Waals surface area contributed by atoms with E-state index in [1.54, 1.807) is 0 Å². The number of carbonyl (C=O) groups is 1. The summed E-state index contributed by atoms with van der Waals surface area (Å²) < 4.78 is 0.